The summed E-state index contributed by atoms with van der Waals surface area (Å²) in [6, 6.07) is 3.30. The minimum atomic E-state index is -1.55. The van der Waals surface area contributed by atoms with Crippen LogP contribution in [0.4, 0.5) is 0 Å². The van der Waals surface area contributed by atoms with E-state index in [2.05, 4.69) is 5.32 Å². The molecule has 0 bridgehead atoms. The van der Waals surface area contributed by atoms with Crippen LogP contribution in [0.15, 0.2) is 18.2 Å². The van der Waals surface area contributed by atoms with Crippen LogP contribution in [0.5, 0.6) is 17.2 Å². The van der Waals surface area contributed by atoms with Crippen LogP contribution in [0, 0.1) is 0 Å². The predicted octanol–water partition coefficient (Wildman–Crippen LogP) is 0.800. The number of carbonyl (C=O) groups excluding carboxylic acids is 2. The number of nitrogens with two attached hydrogens (primary N) is 1. The van der Waals surface area contributed by atoms with Gasteiger partial charge in [0.05, 0.1) is 47.7 Å². The summed E-state index contributed by atoms with van der Waals surface area (Å²) in [6.45, 7) is 3.76. The third kappa shape index (κ3) is 4.96. The lowest BCUT2D eigenvalue weighted by Gasteiger charge is -2.45. The van der Waals surface area contributed by atoms with Gasteiger partial charge in [0.15, 0.2) is 12.1 Å². The molecular weight excluding hydrogens is 548 g/mol. The van der Waals surface area contributed by atoms with Crippen LogP contribution >= 0.6 is 0 Å². The van der Waals surface area contributed by atoms with Crippen molar-refractivity contribution < 1.29 is 49.3 Å². The maximum atomic E-state index is 13.8. The molecule has 1 aliphatic heterocycles. The van der Waals surface area contributed by atoms with Gasteiger partial charge in [0.25, 0.3) is 0 Å². The molecule has 5 rings (SSSR count). The molecule has 1 saturated heterocycles. The molecular formula is C30H38N2O10. The minimum Gasteiger partial charge on any atom is -0.507 e. The van der Waals surface area contributed by atoms with E-state index in [0.29, 0.717) is 13.0 Å². The summed E-state index contributed by atoms with van der Waals surface area (Å²) >= 11 is 0. The lowest BCUT2D eigenvalue weighted by Crippen LogP contribution is -2.55. The molecule has 2 aliphatic carbocycles. The number of nitrogens with one attached hydrogen (secondary N) is 1. The zero-order valence-electron chi connectivity index (χ0n) is 23.8. The second kappa shape index (κ2) is 11.5. The molecule has 1 fully saturated rings. The van der Waals surface area contributed by atoms with Gasteiger partial charge >= 0.3 is 0 Å². The highest BCUT2D eigenvalue weighted by Gasteiger charge is 2.49. The third-order valence-electron chi connectivity index (χ3n) is 8.76. The van der Waals surface area contributed by atoms with E-state index >= 15 is 0 Å². The molecule has 12 nitrogen and oxygen atoms in total. The molecule has 3 aliphatic rings. The number of phenols is 2. The fourth-order valence-electron chi connectivity index (χ4n) is 6.34. The Kier molecular flexibility index (Phi) is 8.33. The average Bonchev–Trinajstić information content (AvgIpc) is 2.95. The Labute approximate surface area is 243 Å². The highest BCUT2D eigenvalue weighted by Crippen LogP contribution is 2.53. The standard InChI is InChI=1S/C30H38N2O10/c1-13-25(34)17(31)10-20(41-13)42-19-12-30(39,14(2)32-8-5-9-33)11-16-22(19)29(38)24-23(27(16)36)26(35)15-6-4-7-18(40-3)21(15)28(24)37/h4,6-7,13-14,17,19-20,25,32-34,36,38-39H,5,8-12,31H2,1-3H3. The third-order valence-corrected chi connectivity index (χ3v) is 8.76. The summed E-state index contributed by atoms with van der Waals surface area (Å²) in [4.78, 5) is 27.5. The summed E-state index contributed by atoms with van der Waals surface area (Å²) < 4.78 is 17.4. The van der Waals surface area contributed by atoms with Gasteiger partial charge in [-0.1, -0.05) is 12.1 Å². The molecule has 7 unspecified atom stereocenters. The number of ketones is 2. The van der Waals surface area contributed by atoms with Gasteiger partial charge in [-0.3, -0.25) is 9.59 Å². The van der Waals surface area contributed by atoms with Gasteiger partial charge in [-0.2, -0.15) is 0 Å². The first-order valence-electron chi connectivity index (χ1n) is 14.1. The molecule has 0 spiro atoms. The van der Waals surface area contributed by atoms with Gasteiger partial charge in [0.2, 0.25) is 5.78 Å². The van der Waals surface area contributed by atoms with Crippen LogP contribution < -0.4 is 15.8 Å². The Balaban J connectivity index is 1.64. The van der Waals surface area contributed by atoms with Crippen LogP contribution in [0.2, 0.25) is 0 Å². The van der Waals surface area contributed by atoms with E-state index in [1.807, 2.05) is 0 Å². The molecule has 12 heteroatoms. The van der Waals surface area contributed by atoms with Crippen LogP contribution in [0.25, 0.3) is 0 Å². The van der Waals surface area contributed by atoms with Crippen molar-refractivity contribution in [3.8, 4) is 17.2 Å². The quantitative estimate of drug-likeness (QED) is 0.145. The van der Waals surface area contributed by atoms with Crippen LogP contribution in [0.3, 0.4) is 0 Å². The molecule has 42 heavy (non-hydrogen) atoms. The van der Waals surface area contributed by atoms with Crippen molar-refractivity contribution in [2.45, 2.75) is 81.8 Å². The number of aromatic hydroxyl groups is 2. The molecule has 2 aromatic rings. The van der Waals surface area contributed by atoms with Gasteiger partial charge in [-0.05, 0) is 32.9 Å². The van der Waals surface area contributed by atoms with Crippen LogP contribution in [0.1, 0.15) is 82.2 Å². The van der Waals surface area contributed by atoms with Gasteiger partial charge < -0.3 is 50.8 Å². The van der Waals surface area contributed by atoms with Crippen molar-refractivity contribution in [1.82, 2.24) is 5.32 Å². The number of ether oxygens (including phenoxy) is 3. The Morgan fingerprint density at radius 1 is 1.17 bits per heavy atom. The van der Waals surface area contributed by atoms with Gasteiger partial charge in [-0.25, -0.2) is 0 Å². The highest BCUT2D eigenvalue weighted by molar-refractivity contribution is 6.31. The fourth-order valence-corrected chi connectivity index (χ4v) is 6.34. The van der Waals surface area contributed by atoms with Gasteiger partial charge in [0.1, 0.15) is 17.2 Å². The van der Waals surface area contributed by atoms with Crippen molar-refractivity contribution in [2.75, 3.05) is 20.3 Å². The van der Waals surface area contributed by atoms with E-state index in [9.17, 15) is 35.1 Å². The lowest BCUT2D eigenvalue weighted by atomic mass is 9.71. The number of aliphatic hydroxyl groups excluding tert-OH is 2. The smallest absolute Gasteiger partial charge is 0.202 e. The topological polar surface area (TPSA) is 201 Å². The first-order valence-corrected chi connectivity index (χ1v) is 14.1. The number of hydrogen-bond acceptors (Lipinski definition) is 12. The largest absolute Gasteiger partial charge is 0.507 e. The molecule has 2 aromatic carbocycles. The Morgan fingerprint density at radius 2 is 1.88 bits per heavy atom. The van der Waals surface area contributed by atoms with Gasteiger partial charge in [0, 0.05) is 54.6 Å². The first kappa shape index (κ1) is 30.4. The number of carbonyl (C=O) groups is 2. The summed E-state index contributed by atoms with van der Waals surface area (Å²) in [7, 11) is 1.36. The molecule has 8 N–H and O–H groups in total. The number of hydrogen-bond donors (Lipinski definition) is 7. The second-order valence-corrected chi connectivity index (χ2v) is 11.4. The molecule has 0 radical (unpaired) electrons. The number of benzene rings is 2. The van der Waals surface area contributed by atoms with E-state index in [4.69, 9.17) is 19.9 Å². The molecule has 228 valence electrons. The number of aliphatic hydroxyl groups is 3. The zero-order valence-corrected chi connectivity index (χ0v) is 23.8. The van der Waals surface area contributed by atoms with Crippen LogP contribution in [-0.2, 0) is 15.9 Å². The normalized spacial score (nSPS) is 29.5. The van der Waals surface area contributed by atoms with E-state index in [1.165, 1.54) is 19.2 Å². The molecule has 0 saturated carbocycles. The molecule has 0 aromatic heterocycles. The maximum Gasteiger partial charge on any atom is 0.202 e. The van der Waals surface area contributed by atoms with E-state index in [-0.39, 0.29) is 65.0 Å². The van der Waals surface area contributed by atoms with Crippen molar-refractivity contribution >= 4 is 11.6 Å². The fraction of sp³-hybridized carbons (Fsp3) is 0.533. The highest BCUT2D eigenvalue weighted by atomic mass is 16.7. The van der Waals surface area contributed by atoms with Crippen LogP contribution in [-0.4, -0.2) is 93.5 Å². The van der Waals surface area contributed by atoms with E-state index in [0.717, 1.165) is 0 Å². The number of fused-ring (bicyclic) bond motifs is 3. The Morgan fingerprint density at radius 3 is 2.55 bits per heavy atom. The maximum absolute atomic E-state index is 13.8. The Bertz CT molecular complexity index is 1380. The van der Waals surface area contributed by atoms with E-state index in [1.54, 1.807) is 19.9 Å². The number of phenolic OH excluding ortho intramolecular Hbond substituents is 2. The van der Waals surface area contributed by atoms with Crippen molar-refractivity contribution in [3.05, 3.63) is 51.6 Å². The molecule has 1 heterocycles. The SMILES string of the molecule is COc1cccc2c1C(=O)c1c(O)c3c(c(O)c1C2=O)CC(O)(C(C)NCCCO)CC3OC1CC(N)C(O)C(C)O1. The second-order valence-electron chi connectivity index (χ2n) is 11.4. The monoisotopic (exact) mass is 586 g/mol. The summed E-state index contributed by atoms with van der Waals surface area (Å²) in [5.41, 5.74) is 3.97. The predicted molar refractivity (Wildman–Crippen MR) is 149 cm³/mol. The van der Waals surface area contributed by atoms with Crippen molar-refractivity contribution in [1.29, 1.82) is 0 Å². The minimum absolute atomic E-state index is 0.0246. The lowest BCUT2D eigenvalue weighted by molar-refractivity contribution is -0.248. The zero-order chi connectivity index (χ0) is 30.5. The first-order chi connectivity index (χ1) is 19.9. The Hall–Kier alpha value is -3.10. The van der Waals surface area contributed by atoms with E-state index < -0.39 is 65.4 Å². The summed E-state index contributed by atoms with van der Waals surface area (Å²) in [6.07, 6.45) is -3.30. The molecule has 7 atom stereocenters. The summed E-state index contributed by atoms with van der Waals surface area (Å²) in [5, 5.41) is 57.8. The van der Waals surface area contributed by atoms with Crippen molar-refractivity contribution in [3.63, 3.8) is 0 Å². The number of methoxy groups -OCH3 is 1. The average molecular weight is 587 g/mol. The van der Waals surface area contributed by atoms with Gasteiger partial charge in [-0.15, -0.1) is 0 Å². The molecule has 0 amide bonds. The van der Waals surface area contributed by atoms with Crippen molar-refractivity contribution in [2.24, 2.45) is 5.73 Å². The summed E-state index contributed by atoms with van der Waals surface area (Å²) in [5.74, 6) is -2.27. The number of rotatable bonds is 8.